The number of rotatable bonds is 13. The van der Waals surface area contributed by atoms with E-state index in [1.165, 1.54) is 0 Å². The molecule has 1 aliphatic rings. The Morgan fingerprint density at radius 1 is 1.12 bits per heavy atom. The first-order chi connectivity index (χ1) is 19.6. The minimum atomic E-state index is -1.81. The van der Waals surface area contributed by atoms with Crippen molar-refractivity contribution < 1.29 is 14.3 Å². The number of aliphatic hydroxyl groups is 1. The molecule has 0 aliphatic carbocycles. The monoisotopic (exact) mass is 631 g/mol. The van der Waals surface area contributed by atoms with Crippen molar-refractivity contribution in [2.24, 2.45) is 5.41 Å². The molecule has 0 radical (unpaired) electrons. The highest BCUT2D eigenvalue weighted by Crippen LogP contribution is 2.52. The topological polar surface area (TPSA) is 49.8 Å². The van der Waals surface area contributed by atoms with Crippen molar-refractivity contribution in [2.75, 3.05) is 6.61 Å². The van der Waals surface area contributed by atoms with E-state index in [0.717, 1.165) is 24.0 Å². The van der Waals surface area contributed by atoms with E-state index in [1.54, 1.807) is 0 Å². The van der Waals surface area contributed by atoms with E-state index < -0.39 is 19.8 Å². The number of carbonyl (C=O) groups excluding carboxylic acids is 1. The Kier molecular flexibility index (Phi) is 12.0. The molecule has 1 unspecified atom stereocenters. The first kappa shape index (κ1) is 34.9. The van der Waals surface area contributed by atoms with Crippen molar-refractivity contribution in [2.45, 2.75) is 115 Å². The Bertz CT molecular complexity index is 1200. The van der Waals surface area contributed by atoms with E-state index in [1.807, 2.05) is 60.4 Å². The van der Waals surface area contributed by atoms with Crippen LogP contribution in [0.25, 0.3) is 0 Å². The van der Waals surface area contributed by atoms with Crippen molar-refractivity contribution >= 4 is 37.4 Å². The van der Waals surface area contributed by atoms with Gasteiger partial charge in [0.2, 0.25) is 5.91 Å². The van der Waals surface area contributed by atoms with Crippen LogP contribution in [0.2, 0.25) is 28.2 Å². The zero-order chi connectivity index (χ0) is 31.3. The highest BCUT2D eigenvalue weighted by Gasteiger charge is 2.51. The zero-order valence-corrected chi connectivity index (χ0v) is 29.1. The molecule has 1 aliphatic heterocycles. The van der Waals surface area contributed by atoms with Gasteiger partial charge in [0.15, 0.2) is 8.32 Å². The number of likely N-dealkylation sites (tertiary alicyclic amines) is 1. The van der Waals surface area contributed by atoms with E-state index in [0.29, 0.717) is 42.3 Å². The lowest BCUT2D eigenvalue weighted by Gasteiger charge is -2.53. The SMILES string of the molecule is C=CC[C@@]1(C)C[C@H](c2cccc(Cl)c2)[C@@H](c2ccc(Cl)cc2)N([C@@H](CC)C(O)CCCCO[Si](C)(C)C(C)(C)C)C1=O. The number of benzene rings is 2. The molecule has 4 nitrogen and oxygen atoms in total. The Balaban J connectivity index is 1.95. The maximum atomic E-state index is 14.5. The number of halogens is 2. The minimum absolute atomic E-state index is 0.0215. The zero-order valence-electron chi connectivity index (χ0n) is 26.6. The lowest BCUT2D eigenvalue weighted by Crippen LogP contribution is -2.58. The molecule has 1 N–H and O–H groups in total. The number of piperidine rings is 1. The summed E-state index contributed by atoms with van der Waals surface area (Å²) in [6.45, 7) is 20.1. The van der Waals surface area contributed by atoms with Gasteiger partial charge in [-0.3, -0.25) is 4.79 Å². The fraction of sp³-hybridized carbons (Fsp3) is 0.571. The van der Waals surface area contributed by atoms with E-state index in [4.69, 9.17) is 27.6 Å². The molecular weight excluding hydrogens is 581 g/mol. The molecule has 42 heavy (non-hydrogen) atoms. The number of nitrogens with zero attached hydrogens (tertiary/aromatic N) is 1. The molecule has 0 bridgehead atoms. The van der Waals surface area contributed by atoms with Gasteiger partial charge in [-0.25, -0.2) is 0 Å². The second kappa shape index (κ2) is 14.4. The van der Waals surface area contributed by atoms with E-state index in [-0.39, 0.29) is 28.9 Å². The lowest BCUT2D eigenvalue weighted by atomic mass is 9.66. The molecule has 1 amide bonds. The van der Waals surface area contributed by atoms with Gasteiger partial charge >= 0.3 is 0 Å². The number of amides is 1. The standard InChI is InChI=1S/C35H51Cl2NO3Si/c1-9-21-35(6)24-29(26-14-13-15-28(37)23-26)32(25-17-19-27(36)20-18-25)38(33(35)40)30(10-2)31(39)16-11-12-22-41-42(7,8)34(3,4)5/h9,13-15,17-20,23,29-32,39H,1,10-12,16,21-22,24H2,2-8H3/t29-,30+,31?,32-,35+/m1/s1. The molecule has 232 valence electrons. The maximum absolute atomic E-state index is 14.5. The first-order valence-electron chi connectivity index (χ1n) is 15.4. The number of aliphatic hydroxyl groups excluding tert-OH is 1. The van der Waals surface area contributed by atoms with Crippen LogP contribution in [0.4, 0.5) is 0 Å². The van der Waals surface area contributed by atoms with Gasteiger partial charge in [-0.05, 0) is 92.0 Å². The molecular formula is C35H51Cl2NO3Si. The minimum Gasteiger partial charge on any atom is -0.417 e. The summed E-state index contributed by atoms with van der Waals surface area (Å²) in [6.07, 6.45) is 5.36. The summed E-state index contributed by atoms with van der Waals surface area (Å²) < 4.78 is 6.37. The molecule has 1 saturated heterocycles. The summed E-state index contributed by atoms with van der Waals surface area (Å²) in [7, 11) is -1.81. The second-order valence-corrected chi connectivity index (χ2v) is 19.5. The summed E-state index contributed by atoms with van der Waals surface area (Å²) in [5, 5.41) is 13.2. The lowest BCUT2D eigenvalue weighted by molar-refractivity contribution is -0.158. The van der Waals surface area contributed by atoms with Crippen LogP contribution in [0, 0.1) is 5.41 Å². The van der Waals surface area contributed by atoms with Crippen molar-refractivity contribution in [1.29, 1.82) is 0 Å². The van der Waals surface area contributed by atoms with Crippen molar-refractivity contribution in [3.63, 3.8) is 0 Å². The predicted molar refractivity (Wildman–Crippen MR) is 180 cm³/mol. The Labute approximate surface area is 265 Å². The second-order valence-electron chi connectivity index (χ2n) is 13.8. The van der Waals surface area contributed by atoms with Crippen molar-refractivity contribution in [3.8, 4) is 0 Å². The third-order valence-electron chi connectivity index (χ3n) is 9.57. The van der Waals surface area contributed by atoms with E-state index in [9.17, 15) is 9.90 Å². The van der Waals surface area contributed by atoms with Gasteiger partial charge in [-0.15, -0.1) is 6.58 Å². The average Bonchev–Trinajstić information content (AvgIpc) is 2.91. The van der Waals surface area contributed by atoms with Crippen molar-refractivity contribution in [3.05, 3.63) is 82.4 Å². The summed E-state index contributed by atoms with van der Waals surface area (Å²) in [5.41, 5.74) is 1.44. The molecule has 0 spiro atoms. The van der Waals surface area contributed by atoms with Gasteiger partial charge in [0.25, 0.3) is 0 Å². The van der Waals surface area contributed by atoms with Crippen LogP contribution < -0.4 is 0 Å². The van der Waals surface area contributed by atoms with Gasteiger partial charge < -0.3 is 14.4 Å². The van der Waals surface area contributed by atoms with E-state index in [2.05, 4.69) is 53.4 Å². The predicted octanol–water partition coefficient (Wildman–Crippen LogP) is 9.96. The molecule has 3 rings (SSSR count). The highest BCUT2D eigenvalue weighted by molar-refractivity contribution is 6.74. The largest absolute Gasteiger partial charge is 0.417 e. The maximum Gasteiger partial charge on any atom is 0.229 e. The van der Waals surface area contributed by atoms with Crippen molar-refractivity contribution in [1.82, 2.24) is 4.90 Å². The fourth-order valence-corrected chi connectivity index (χ4v) is 7.51. The molecule has 1 fully saturated rings. The molecule has 7 heteroatoms. The molecule has 1 heterocycles. The molecule has 5 atom stereocenters. The smallest absolute Gasteiger partial charge is 0.229 e. The quantitative estimate of drug-likeness (QED) is 0.136. The summed E-state index contributed by atoms with van der Waals surface area (Å²) >= 11 is 12.8. The third kappa shape index (κ3) is 8.09. The van der Waals surface area contributed by atoms with Gasteiger partial charge in [0.1, 0.15) is 0 Å². The van der Waals surface area contributed by atoms with Gasteiger partial charge in [0, 0.05) is 22.6 Å². The normalized spacial score (nSPS) is 23.1. The van der Waals surface area contributed by atoms with Gasteiger partial charge in [0.05, 0.1) is 23.6 Å². The highest BCUT2D eigenvalue weighted by atomic mass is 35.5. The first-order valence-corrected chi connectivity index (χ1v) is 19.1. The van der Waals surface area contributed by atoms with E-state index >= 15 is 0 Å². The summed E-state index contributed by atoms with van der Waals surface area (Å²) in [5.74, 6) is 0.0413. The number of unbranched alkanes of at least 4 members (excludes halogenated alkanes) is 1. The number of carbonyl (C=O) groups is 1. The summed E-state index contributed by atoms with van der Waals surface area (Å²) in [4.78, 5) is 16.5. The fourth-order valence-electron chi connectivity index (χ4n) is 6.10. The van der Waals surface area contributed by atoms with Gasteiger partial charge in [-0.2, -0.15) is 0 Å². The van der Waals surface area contributed by atoms with Crippen LogP contribution in [-0.4, -0.2) is 43.0 Å². The van der Waals surface area contributed by atoms with Crippen LogP contribution >= 0.6 is 23.2 Å². The van der Waals surface area contributed by atoms with Crippen LogP contribution in [0.3, 0.4) is 0 Å². The molecule has 0 saturated carbocycles. The Morgan fingerprint density at radius 2 is 1.79 bits per heavy atom. The number of allylic oxidation sites excluding steroid dienone is 1. The molecule has 0 aromatic heterocycles. The number of hydrogen-bond acceptors (Lipinski definition) is 3. The number of hydrogen-bond donors (Lipinski definition) is 1. The average molecular weight is 633 g/mol. The van der Waals surface area contributed by atoms with Gasteiger partial charge in [-0.1, -0.05) is 88.2 Å². The molecule has 2 aromatic rings. The van der Waals surface area contributed by atoms with Crippen LogP contribution in [-0.2, 0) is 9.22 Å². The molecule has 2 aromatic carbocycles. The van der Waals surface area contributed by atoms with Crippen LogP contribution in [0.15, 0.2) is 61.2 Å². The summed E-state index contributed by atoms with van der Waals surface area (Å²) in [6, 6.07) is 15.1. The Hall–Kier alpha value is -1.63. The van der Waals surface area contributed by atoms with Crippen LogP contribution in [0.1, 0.15) is 96.2 Å². The van der Waals surface area contributed by atoms with Crippen LogP contribution in [0.5, 0.6) is 0 Å². The third-order valence-corrected chi connectivity index (χ3v) is 14.6. The Morgan fingerprint density at radius 3 is 2.36 bits per heavy atom.